The average Bonchev–Trinajstić information content (AvgIpc) is 4.01. The van der Waals surface area contributed by atoms with Crippen LogP contribution in [0.4, 0.5) is 0 Å². The number of rotatable bonds is 4. The number of benzene rings is 10. The Balaban J connectivity index is 1.13. The lowest BCUT2D eigenvalue weighted by molar-refractivity contribution is 0.669. The highest BCUT2D eigenvalue weighted by atomic mass is 32.1. The molecule has 0 spiro atoms. The van der Waals surface area contributed by atoms with E-state index in [1.54, 1.807) is 0 Å². The molecule has 4 nitrogen and oxygen atoms in total. The number of allylic oxidation sites excluding steroid dienone is 1. The molecule has 65 heavy (non-hydrogen) atoms. The molecule has 0 amide bonds. The second-order valence-corrected chi connectivity index (χ2v) is 18.2. The zero-order valence-corrected chi connectivity index (χ0v) is 35.9. The number of hydrogen-bond donors (Lipinski definition) is 0. The summed E-state index contributed by atoms with van der Waals surface area (Å²) in [7, 11) is 0. The standard InChI is InChI=1S/C60H37N3OS/c1-3-16-39-34-53-46(31-37(39)14-1)44-20-7-9-25-51(44)63(53)52-28-29-54-58(48-32-38-15-2-4-17-40(38)35-55(48)64-54)59(52)60-61-49(41-27-30-57-47(33-41)45-21-8-10-26-56(45)65-57)23-12-24-50(62-60)43-22-11-18-36-13-5-6-19-42(36)43/h1-11,13-23,25-35H,12,24H2/b49-23-,61-60-,62-50+. The highest BCUT2D eigenvalue weighted by molar-refractivity contribution is 7.25. The van der Waals surface area contributed by atoms with Gasteiger partial charge in [0.05, 0.1) is 33.7 Å². The first-order valence-corrected chi connectivity index (χ1v) is 23.1. The second-order valence-electron chi connectivity index (χ2n) is 17.2. The minimum atomic E-state index is 0.650. The van der Waals surface area contributed by atoms with E-state index in [1.807, 2.05) is 11.3 Å². The fourth-order valence-corrected chi connectivity index (χ4v) is 11.5. The van der Waals surface area contributed by atoms with Gasteiger partial charge in [-0.3, -0.25) is 0 Å². The fourth-order valence-electron chi connectivity index (χ4n) is 10.4. The molecule has 4 heterocycles. The van der Waals surface area contributed by atoms with Crippen LogP contribution in [-0.2, 0) is 0 Å². The van der Waals surface area contributed by atoms with Crippen LogP contribution in [0, 0.1) is 0 Å². The van der Waals surface area contributed by atoms with Gasteiger partial charge in [0.1, 0.15) is 11.2 Å². The van der Waals surface area contributed by atoms with Crippen LogP contribution in [0.3, 0.4) is 0 Å². The van der Waals surface area contributed by atoms with E-state index in [2.05, 4.69) is 205 Å². The molecule has 0 aliphatic carbocycles. The van der Waals surface area contributed by atoms with Crippen LogP contribution < -0.4 is 0 Å². The summed E-state index contributed by atoms with van der Waals surface area (Å²) in [6.45, 7) is 0. The highest BCUT2D eigenvalue weighted by Gasteiger charge is 2.26. The molecule has 3 aromatic heterocycles. The summed E-state index contributed by atoms with van der Waals surface area (Å²) in [4.78, 5) is 11.7. The maximum absolute atomic E-state index is 6.89. The van der Waals surface area contributed by atoms with Crippen LogP contribution in [-0.4, -0.2) is 16.1 Å². The van der Waals surface area contributed by atoms with Gasteiger partial charge in [-0.15, -0.1) is 11.3 Å². The zero-order valence-electron chi connectivity index (χ0n) is 35.1. The summed E-state index contributed by atoms with van der Waals surface area (Å²) < 4.78 is 11.9. The zero-order chi connectivity index (χ0) is 42.6. The number of nitrogens with zero attached hydrogens (tertiary/aromatic N) is 3. The molecule has 0 unspecified atom stereocenters. The van der Waals surface area contributed by atoms with Gasteiger partial charge < -0.3 is 8.98 Å². The third-order valence-corrected chi connectivity index (χ3v) is 14.6. The first-order chi connectivity index (χ1) is 32.2. The molecule has 13 aromatic rings. The normalized spacial score (nSPS) is 16.1. The van der Waals surface area contributed by atoms with Crippen molar-refractivity contribution in [2.75, 3.05) is 0 Å². The van der Waals surface area contributed by atoms with Gasteiger partial charge in [-0.1, -0.05) is 140 Å². The lowest BCUT2D eigenvalue weighted by Crippen LogP contribution is -2.13. The lowest BCUT2D eigenvalue weighted by atomic mass is 9.96. The predicted molar refractivity (Wildman–Crippen MR) is 277 cm³/mol. The molecular weight excluding hydrogens is 811 g/mol. The molecule has 0 N–H and O–H groups in total. The summed E-state index contributed by atoms with van der Waals surface area (Å²) in [6, 6.07) is 70.2. The monoisotopic (exact) mass is 847 g/mol. The Labute approximate surface area is 377 Å². The Kier molecular flexibility index (Phi) is 7.94. The molecule has 0 saturated carbocycles. The molecule has 10 aromatic carbocycles. The number of aromatic nitrogens is 1. The molecule has 0 atom stereocenters. The van der Waals surface area contributed by atoms with Crippen LogP contribution in [0.25, 0.3) is 108 Å². The predicted octanol–water partition coefficient (Wildman–Crippen LogP) is 16.6. The van der Waals surface area contributed by atoms with E-state index in [9.17, 15) is 0 Å². The Morgan fingerprint density at radius 3 is 1.98 bits per heavy atom. The van der Waals surface area contributed by atoms with Gasteiger partial charge in [0, 0.05) is 52.8 Å². The SMILES string of the molecule is C1=C(c2ccc3sc4ccccc4c3c2)/N=C(c2c(-n3c4ccccc4c4cc5ccccc5cc43)ccc3oc4cc5ccccc5cc4c23)\N=C(\c2cccc3ccccc23)CC\1. The third-order valence-electron chi connectivity index (χ3n) is 13.4. The molecular formula is C60H37N3OS. The Morgan fingerprint density at radius 2 is 1.14 bits per heavy atom. The number of amidine groups is 1. The summed E-state index contributed by atoms with van der Waals surface area (Å²) in [5, 5.41) is 14.0. The molecule has 14 rings (SSSR count). The van der Waals surface area contributed by atoms with Gasteiger partial charge in [-0.2, -0.15) is 0 Å². The molecule has 0 radical (unpaired) electrons. The van der Waals surface area contributed by atoms with Crippen molar-refractivity contribution in [1.29, 1.82) is 0 Å². The van der Waals surface area contributed by atoms with Crippen molar-refractivity contribution in [2.24, 2.45) is 9.98 Å². The second kappa shape index (κ2) is 14.2. The lowest BCUT2D eigenvalue weighted by Gasteiger charge is -2.19. The Hall–Kier alpha value is -8.12. The number of para-hydroxylation sites is 1. The van der Waals surface area contributed by atoms with Crippen molar-refractivity contribution in [3.8, 4) is 5.69 Å². The summed E-state index contributed by atoms with van der Waals surface area (Å²) in [5.74, 6) is 0.650. The van der Waals surface area contributed by atoms with Crippen LogP contribution >= 0.6 is 11.3 Å². The molecule has 304 valence electrons. The molecule has 5 heteroatoms. The van der Waals surface area contributed by atoms with Gasteiger partial charge in [-0.25, -0.2) is 9.98 Å². The van der Waals surface area contributed by atoms with Crippen LogP contribution in [0.15, 0.2) is 215 Å². The van der Waals surface area contributed by atoms with E-state index < -0.39 is 0 Å². The maximum atomic E-state index is 6.89. The summed E-state index contributed by atoms with van der Waals surface area (Å²) in [5.41, 5.74) is 9.90. The van der Waals surface area contributed by atoms with E-state index in [4.69, 9.17) is 14.4 Å². The van der Waals surface area contributed by atoms with Crippen molar-refractivity contribution >= 4 is 125 Å². The van der Waals surface area contributed by atoms with E-state index in [0.29, 0.717) is 5.84 Å². The van der Waals surface area contributed by atoms with E-state index in [1.165, 1.54) is 52.5 Å². The number of thiophene rings is 1. The first kappa shape index (κ1) is 36.4. The van der Waals surface area contributed by atoms with Gasteiger partial charge in [-0.05, 0) is 106 Å². The van der Waals surface area contributed by atoms with Crippen molar-refractivity contribution in [1.82, 2.24) is 4.57 Å². The van der Waals surface area contributed by atoms with E-state index >= 15 is 0 Å². The third kappa shape index (κ3) is 5.69. The topological polar surface area (TPSA) is 42.8 Å². The average molecular weight is 848 g/mol. The first-order valence-electron chi connectivity index (χ1n) is 22.3. The molecule has 1 aliphatic rings. The van der Waals surface area contributed by atoms with Crippen molar-refractivity contribution in [2.45, 2.75) is 12.8 Å². The van der Waals surface area contributed by atoms with E-state index in [0.717, 1.165) is 90.4 Å². The van der Waals surface area contributed by atoms with Gasteiger partial charge in [0.15, 0.2) is 5.84 Å². The quantitative estimate of drug-likeness (QED) is 0.174. The fraction of sp³-hybridized carbons (Fsp3) is 0.0333. The number of furan rings is 1. The summed E-state index contributed by atoms with van der Waals surface area (Å²) >= 11 is 1.84. The van der Waals surface area contributed by atoms with E-state index in [-0.39, 0.29) is 0 Å². The van der Waals surface area contributed by atoms with Crippen LogP contribution in [0.1, 0.15) is 29.5 Å². The Bertz CT molecular complexity index is 4250. The molecule has 0 bridgehead atoms. The van der Waals surface area contributed by atoms with Crippen molar-refractivity contribution in [3.63, 3.8) is 0 Å². The minimum absolute atomic E-state index is 0.650. The van der Waals surface area contributed by atoms with Gasteiger partial charge >= 0.3 is 0 Å². The van der Waals surface area contributed by atoms with Crippen LogP contribution in [0.5, 0.6) is 0 Å². The highest BCUT2D eigenvalue weighted by Crippen LogP contribution is 2.43. The largest absolute Gasteiger partial charge is 0.456 e. The van der Waals surface area contributed by atoms with Crippen molar-refractivity contribution < 1.29 is 4.42 Å². The van der Waals surface area contributed by atoms with Gasteiger partial charge in [0.2, 0.25) is 0 Å². The smallest absolute Gasteiger partial charge is 0.162 e. The van der Waals surface area contributed by atoms with Crippen LogP contribution in [0.2, 0.25) is 0 Å². The minimum Gasteiger partial charge on any atom is -0.456 e. The Morgan fingerprint density at radius 1 is 0.462 bits per heavy atom. The maximum Gasteiger partial charge on any atom is 0.162 e. The number of hydrogen-bond acceptors (Lipinski definition) is 4. The molecule has 0 saturated heterocycles. The molecule has 0 fully saturated rings. The van der Waals surface area contributed by atoms with Gasteiger partial charge in [0.25, 0.3) is 0 Å². The number of aliphatic imine (C=N–C) groups is 2. The number of fused-ring (bicyclic) bond motifs is 12. The molecule has 1 aliphatic heterocycles. The summed E-state index contributed by atoms with van der Waals surface area (Å²) in [6.07, 6.45) is 3.85. The van der Waals surface area contributed by atoms with Crippen molar-refractivity contribution in [3.05, 3.63) is 217 Å².